The Balaban J connectivity index is 1.92. The normalized spacial score (nSPS) is 36.2. The topological polar surface area (TPSA) is 41.1 Å². The van der Waals surface area contributed by atoms with Crippen molar-refractivity contribution >= 4 is 17.7 Å². The van der Waals surface area contributed by atoms with Crippen LogP contribution in [0.5, 0.6) is 0 Å². The number of carbonyl (C=O) groups excluding carboxylic acids is 1. The van der Waals surface area contributed by atoms with Gasteiger partial charge in [-0.25, -0.2) is 0 Å². The largest absolute Gasteiger partial charge is 0.352 e. The number of carbonyl (C=O) groups is 1. The summed E-state index contributed by atoms with van der Waals surface area (Å²) in [6.07, 6.45) is 3.72. The number of amides is 1. The molecule has 1 amide bonds. The summed E-state index contributed by atoms with van der Waals surface area (Å²) in [4.78, 5) is 12.4. The van der Waals surface area contributed by atoms with E-state index in [4.69, 9.17) is 0 Å². The van der Waals surface area contributed by atoms with Gasteiger partial charge in [-0.3, -0.25) is 4.79 Å². The predicted molar refractivity (Wildman–Crippen MR) is 82.4 cm³/mol. The zero-order valence-corrected chi connectivity index (χ0v) is 13.3. The Labute approximate surface area is 121 Å². The van der Waals surface area contributed by atoms with Crippen LogP contribution in [0.15, 0.2) is 0 Å². The molecule has 0 spiro atoms. The van der Waals surface area contributed by atoms with E-state index in [-0.39, 0.29) is 11.9 Å². The van der Waals surface area contributed by atoms with Crippen molar-refractivity contribution in [3.63, 3.8) is 0 Å². The summed E-state index contributed by atoms with van der Waals surface area (Å²) in [5.74, 6) is 4.31. The first-order valence-electron chi connectivity index (χ1n) is 7.69. The second-order valence-corrected chi connectivity index (χ2v) is 7.67. The van der Waals surface area contributed by atoms with Crippen LogP contribution in [0.3, 0.4) is 0 Å². The molecular formula is C15H28N2OS. The third kappa shape index (κ3) is 4.12. The van der Waals surface area contributed by atoms with Gasteiger partial charge >= 0.3 is 0 Å². The lowest BCUT2D eigenvalue weighted by molar-refractivity contribution is -0.124. The highest BCUT2D eigenvalue weighted by atomic mass is 32.2. The quantitative estimate of drug-likeness (QED) is 0.835. The van der Waals surface area contributed by atoms with E-state index in [0.29, 0.717) is 17.9 Å². The number of rotatable bonds is 3. The SMILES string of the molecule is CC1CCC(C(C)C)C(NC(=O)C2CSCCN2)C1. The lowest BCUT2D eigenvalue weighted by Gasteiger charge is -2.38. The van der Waals surface area contributed by atoms with Crippen LogP contribution < -0.4 is 10.6 Å². The van der Waals surface area contributed by atoms with Crippen molar-refractivity contribution in [2.45, 2.75) is 52.1 Å². The van der Waals surface area contributed by atoms with Crippen LogP contribution >= 0.6 is 11.8 Å². The highest BCUT2D eigenvalue weighted by molar-refractivity contribution is 7.99. The van der Waals surface area contributed by atoms with Gasteiger partial charge < -0.3 is 10.6 Å². The summed E-state index contributed by atoms with van der Waals surface area (Å²) in [7, 11) is 0. The first-order chi connectivity index (χ1) is 9.08. The van der Waals surface area contributed by atoms with E-state index in [0.717, 1.165) is 30.4 Å². The average Bonchev–Trinajstić information content (AvgIpc) is 2.39. The Morgan fingerprint density at radius 3 is 2.79 bits per heavy atom. The van der Waals surface area contributed by atoms with Gasteiger partial charge in [-0.2, -0.15) is 11.8 Å². The number of nitrogens with one attached hydrogen (secondary N) is 2. The molecule has 2 rings (SSSR count). The van der Waals surface area contributed by atoms with Crippen LogP contribution in [0, 0.1) is 17.8 Å². The lowest BCUT2D eigenvalue weighted by Crippen LogP contribution is -2.54. The molecule has 0 bridgehead atoms. The van der Waals surface area contributed by atoms with Crippen molar-refractivity contribution in [1.82, 2.24) is 10.6 Å². The number of hydrogen-bond acceptors (Lipinski definition) is 3. The molecule has 110 valence electrons. The molecule has 19 heavy (non-hydrogen) atoms. The summed E-state index contributed by atoms with van der Waals surface area (Å²) in [5, 5.41) is 6.67. The van der Waals surface area contributed by atoms with Crippen LogP contribution in [-0.4, -0.2) is 36.0 Å². The van der Waals surface area contributed by atoms with E-state index in [1.165, 1.54) is 12.8 Å². The number of hydrogen-bond donors (Lipinski definition) is 2. The van der Waals surface area contributed by atoms with E-state index < -0.39 is 0 Å². The van der Waals surface area contributed by atoms with Gasteiger partial charge in [-0.05, 0) is 30.6 Å². The van der Waals surface area contributed by atoms with Crippen molar-refractivity contribution in [2.24, 2.45) is 17.8 Å². The molecule has 3 nitrogen and oxygen atoms in total. The molecule has 1 saturated heterocycles. The zero-order valence-electron chi connectivity index (χ0n) is 12.4. The second-order valence-electron chi connectivity index (χ2n) is 6.52. The smallest absolute Gasteiger partial charge is 0.238 e. The van der Waals surface area contributed by atoms with Crippen molar-refractivity contribution in [3.8, 4) is 0 Å². The van der Waals surface area contributed by atoms with E-state index >= 15 is 0 Å². The summed E-state index contributed by atoms with van der Waals surface area (Å²) >= 11 is 1.88. The molecule has 0 radical (unpaired) electrons. The maximum atomic E-state index is 12.4. The van der Waals surface area contributed by atoms with Crippen molar-refractivity contribution in [1.29, 1.82) is 0 Å². The first kappa shape index (κ1) is 15.2. The zero-order chi connectivity index (χ0) is 13.8. The molecule has 2 aliphatic rings. The third-order valence-corrected chi connectivity index (χ3v) is 5.65. The molecular weight excluding hydrogens is 256 g/mol. The fraction of sp³-hybridized carbons (Fsp3) is 0.933. The van der Waals surface area contributed by atoms with Gasteiger partial charge in [0.05, 0.1) is 6.04 Å². The second kappa shape index (κ2) is 6.98. The van der Waals surface area contributed by atoms with Crippen LogP contribution in [-0.2, 0) is 4.79 Å². The highest BCUT2D eigenvalue weighted by Gasteiger charge is 2.33. The molecule has 0 aromatic heterocycles. The van der Waals surface area contributed by atoms with Crippen molar-refractivity contribution in [2.75, 3.05) is 18.1 Å². The molecule has 1 heterocycles. The van der Waals surface area contributed by atoms with Gasteiger partial charge in [-0.1, -0.05) is 27.2 Å². The van der Waals surface area contributed by atoms with Gasteiger partial charge in [0.1, 0.15) is 0 Å². The molecule has 0 aromatic carbocycles. The van der Waals surface area contributed by atoms with Gasteiger partial charge in [0.25, 0.3) is 0 Å². The maximum absolute atomic E-state index is 12.4. The summed E-state index contributed by atoms with van der Waals surface area (Å²) in [6.45, 7) is 7.84. The van der Waals surface area contributed by atoms with E-state index in [1.54, 1.807) is 0 Å². The maximum Gasteiger partial charge on any atom is 0.238 e. The Morgan fingerprint density at radius 1 is 1.37 bits per heavy atom. The summed E-state index contributed by atoms with van der Waals surface area (Å²) in [5.41, 5.74) is 0. The number of thioether (sulfide) groups is 1. The van der Waals surface area contributed by atoms with Gasteiger partial charge in [0.2, 0.25) is 5.91 Å². The molecule has 4 atom stereocenters. The fourth-order valence-electron chi connectivity index (χ4n) is 3.39. The molecule has 2 fully saturated rings. The minimum absolute atomic E-state index is 0.0174. The minimum Gasteiger partial charge on any atom is -0.352 e. The van der Waals surface area contributed by atoms with Crippen molar-refractivity contribution < 1.29 is 4.79 Å². The average molecular weight is 284 g/mol. The summed E-state index contributed by atoms with van der Waals surface area (Å²) in [6, 6.07) is 0.397. The van der Waals surface area contributed by atoms with E-state index in [1.807, 2.05) is 11.8 Å². The Bertz CT molecular complexity index is 303. The summed E-state index contributed by atoms with van der Waals surface area (Å²) < 4.78 is 0. The van der Waals surface area contributed by atoms with Crippen LogP contribution in [0.1, 0.15) is 40.0 Å². The molecule has 1 aliphatic heterocycles. The lowest BCUT2D eigenvalue weighted by atomic mass is 9.74. The minimum atomic E-state index is 0.0174. The van der Waals surface area contributed by atoms with Crippen molar-refractivity contribution in [3.05, 3.63) is 0 Å². The standard InChI is InChI=1S/C15H28N2OS/c1-10(2)12-5-4-11(3)8-13(12)17-15(18)14-9-19-7-6-16-14/h10-14,16H,4-9H2,1-3H3,(H,17,18). The van der Waals surface area contributed by atoms with E-state index in [2.05, 4.69) is 31.4 Å². The molecule has 4 heteroatoms. The van der Waals surface area contributed by atoms with Gasteiger partial charge in [-0.15, -0.1) is 0 Å². The van der Waals surface area contributed by atoms with Crippen LogP contribution in [0.25, 0.3) is 0 Å². The fourth-order valence-corrected chi connectivity index (χ4v) is 4.32. The van der Waals surface area contributed by atoms with Gasteiger partial charge in [0.15, 0.2) is 0 Å². The van der Waals surface area contributed by atoms with Crippen LogP contribution in [0.2, 0.25) is 0 Å². The molecule has 2 N–H and O–H groups in total. The molecule has 0 aromatic rings. The highest BCUT2D eigenvalue weighted by Crippen LogP contribution is 2.33. The Kier molecular flexibility index (Phi) is 5.58. The Morgan fingerprint density at radius 2 is 2.16 bits per heavy atom. The Hall–Kier alpha value is -0.220. The predicted octanol–water partition coefficient (Wildman–Crippen LogP) is 2.27. The van der Waals surface area contributed by atoms with Crippen LogP contribution in [0.4, 0.5) is 0 Å². The van der Waals surface area contributed by atoms with E-state index in [9.17, 15) is 4.79 Å². The first-order valence-corrected chi connectivity index (χ1v) is 8.85. The third-order valence-electron chi connectivity index (χ3n) is 4.59. The van der Waals surface area contributed by atoms with Gasteiger partial charge in [0, 0.05) is 24.1 Å². The molecule has 1 saturated carbocycles. The monoisotopic (exact) mass is 284 g/mol. The molecule has 4 unspecified atom stereocenters. The molecule has 1 aliphatic carbocycles.